The minimum atomic E-state index is -0.125. The summed E-state index contributed by atoms with van der Waals surface area (Å²) in [4.78, 5) is 19.8. The first-order chi connectivity index (χ1) is 6.27. The third kappa shape index (κ3) is 2.47. The zero-order valence-electron chi connectivity index (χ0n) is 7.87. The van der Waals surface area contributed by atoms with Crippen LogP contribution in [-0.4, -0.2) is 34.0 Å². The van der Waals surface area contributed by atoms with Gasteiger partial charge in [-0.3, -0.25) is 5.32 Å². The second-order valence-corrected chi connectivity index (χ2v) is 2.54. The molecule has 1 aromatic rings. The molecule has 0 aliphatic rings. The van der Waals surface area contributed by atoms with Gasteiger partial charge >= 0.3 is 6.03 Å². The van der Waals surface area contributed by atoms with E-state index < -0.39 is 0 Å². The monoisotopic (exact) mass is 182 g/mol. The first-order valence-corrected chi connectivity index (χ1v) is 4.33. The zero-order chi connectivity index (χ0) is 9.68. The number of anilines is 1. The van der Waals surface area contributed by atoms with E-state index in [2.05, 4.69) is 15.3 Å². The van der Waals surface area contributed by atoms with E-state index in [-0.39, 0.29) is 6.03 Å². The predicted molar refractivity (Wildman–Crippen MR) is 50.5 cm³/mol. The molecular weight excluding hydrogens is 168 g/mol. The Morgan fingerprint density at radius 3 is 2.77 bits per heavy atom. The molecule has 0 unspecified atom stereocenters. The first-order valence-electron chi connectivity index (χ1n) is 4.33. The quantitative estimate of drug-likeness (QED) is 0.739. The number of carbonyl (C=O) groups is 1. The molecule has 0 aromatic carbocycles. The van der Waals surface area contributed by atoms with Gasteiger partial charge in [0.1, 0.15) is 0 Å². The second-order valence-electron chi connectivity index (χ2n) is 2.54. The molecule has 13 heavy (non-hydrogen) atoms. The minimum absolute atomic E-state index is 0.125. The molecule has 5 nitrogen and oxygen atoms in total. The van der Waals surface area contributed by atoms with Crippen molar-refractivity contribution in [2.24, 2.45) is 0 Å². The van der Waals surface area contributed by atoms with Gasteiger partial charge in [-0.25, -0.2) is 9.78 Å². The van der Waals surface area contributed by atoms with Crippen LogP contribution in [0.25, 0.3) is 0 Å². The number of urea groups is 1. The summed E-state index contributed by atoms with van der Waals surface area (Å²) in [5.74, 6) is 0.483. The Morgan fingerprint density at radius 1 is 1.62 bits per heavy atom. The molecule has 0 saturated heterocycles. The van der Waals surface area contributed by atoms with Crippen LogP contribution >= 0.6 is 0 Å². The van der Waals surface area contributed by atoms with Gasteiger partial charge in [0, 0.05) is 25.5 Å². The van der Waals surface area contributed by atoms with Gasteiger partial charge in [-0.1, -0.05) is 0 Å². The Kier molecular flexibility index (Phi) is 3.31. The molecule has 0 spiro atoms. The fraction of sp³-hybridized carbons (Fsp3) is 0.500. The topological polar surface area (TPSA) is 61.0 Å². The number of amides is 2. The van der Waals surface area contributed by atoms with Crippen LogP contribution in [0.15, 0.2) is 12.4 Å². The molecule has 1 heterocycles. The molecule has 72 valence electrons. The Hall–Kier alpha value is -1.52. The molecule has 0 atom stereocenters. The molecule has 2 N–H and O–H groups in total. The average Bonchev–Trinajstić information content (AvgIpc) is 2.59. The van der Waals surface area contributed by atoms with Crippen molar-refractivity contribution in [2.75, 3.05) is 18.4 Å². The van der Waals surface area contributed by atoms with Crippen molar-refractivity contribution in [2.45, 2.75) is 13.8 Å². The number of nitrogens with one attached hydrogen (secondary N) is 2. The van der Waals surface area contributed by atoms with Crippen LogP contribution < -0.4 is 5.32 Å². The van der Waals surface area contributed by atoms with Gasteiger partial charge in [-0.2, -0.15) is 0 Å². The summed E-state index contributed by atoms with van der Waals surface area (Å²) in [6.45, 7) is 5.27. The summed E-state index contributed by atoms with van der Waals surface area (Å²) in [5.41, 5.74) is 0. The summed E-state index contributed by atoms with van der Waals surface area (Å²) >= 11 is 0. The van der Waals surface area contributed by atoms with Gasteiger partial charge in [-0.05, 0) is 13.8 Å². The summed E-state index contributed by atoms with van der Waals surface area (Å²) in [5, 5.41) is 2.64. The molecule has 5 heteroatoms. The number of H-pyrrole nitrogens is 1. The number of rotatable bonds is 3. The van der Waals surface area contributed by atoms with Gasteiger partial charge in [0.2, 0.25) is 5.95 Å². The molecule has 0 bridgehead atoms. The third-order valence-corrected chi connectivity index (χ3v) is 1.77. The highest BCUT2D eigenvalue weighted by molar-refractivity contribution is 5.87. The van der Waals surface area contributed by atoms with Gasteiger partial charge in [-0.15, -0.1) is 0 Å². The van der Waals surface area contributed by atoms with E-state index in [0.717, 1.165) is 0 Å². The SMILES string of the molecule is CCN(CC)C(=O)Nc1ncc[nH]1. The van der Waals surface area contributed by atoms with Crippen molar-refractivity contribution in [1.82, 2.24) is 14.9 Å². The summed E-state index contributed by atoms with van der Waals surface area (Å²) in [6, 6.07) is -0.125. The van der Waals surface area contributed by atoms with E-state index in [9.17, 15) is 4.79 Å². The van der Waals surface area contributed by atoms with E-state index in [1.165, 1.54) is 0 Å². The van der Waals surface area contributed by atoms with Crippen molar-refractivity contribution in [3.63, 3.8) is 0 Å². The highest BCUT2D eigenvalue weighted by atomic mass is 16.2. The molecule has 1 rings (SSSR count). The van der Waals surface area contributed by atoms with Crippen LogP contribution in [0.5, 0.6) is 0 Å². The van der Waals surface area contributed by atoms with Crippen LogP contribution in [0.1, 0.15) is 13.8 Å². The van der Waals surface area contributed by atoms with E-state index in [4.69, 9.17) is 0 Å². The molecular formula is C8H14N4O. The van der Waals surface area contributed by atoms with Crippen molar-refractivity contribution in [1.29, 1.82) is 0 Å². The summed E-state index contributed by atoms with van der Waals surface area (Å²) in [6.07, 6.45) is 3.26. The van der Waals surface area contributed by atoms with Crippen LogP contribution in [0.3, 0.4) is 0 Å². The lowest BCUT2D eigenvalue weighted by Gasteiger charge is -2.17. The van der Waals surface area contributed by atoms with Crippen LogP contribution in [-0.2, 0) is 0 Å². The third-order valence-electron chi connectivity index (χ3n) is 1.77. The number of hydrogen-bond acceptors (Lipinski definition) is 2. The van der Waals surface area contributed by atoms with E-state index >= 15 is 0 Å². The first kappa shape index (κ1) is 9.57. The molecule has 0 aliphatic heterocycles. The number of hydrogen-bond donors (Lipinski definition) is 2. The van der Waals surface area contributed by atoms with Gasteiger partial charge in [0.25, 0.3) is 0 Å². The van der Waals surface area contributed by atoms with Gasteiger partial charge in [0.05, 0.1) is 0 Å². The number of carbonyl (C=O) groups excluding carboxylic acids is 1. The lowest BCUT2D eigenvalue weighted by molar-refractivity contribution is 0.217. The Bertz CT molecular complexity index is 253. The molecule has 0 radical (unpaired) electrons. The number of nitrogens with zero attached hydrogens (tertiary/aromatic N) is 2. The normalized spacial score (nSPS) is 9.69. The Balaban J connectivity index is 2.49. The maximum atomic E-state index is 11.4. The standard InChI is InChI=1S/C8H14N4O/c1-3-12(4-2)8(13)11-7-9-5-6-10-7/h5-6H,3-4H2,1-2H3,(H2,9,10,11,13). The summed E-state index contributed by atoms with van der Waals surface area (Å²) < 4.78 is 0. The molecule has 0 fully saturated rings. The van der Waals surface area contributed by atoms with Gasteiger partial charge < -0.3 is 9.88 Å². The average molecular weight is 182 g/mol. The van der Waals surface area contributed by atoms with Crippen LogP contribution in [0.4, 0.5) is 10.7 Å². The van der Waals surface area contributed by atoms with Crippen molar-refractivity contribution in [3.8, 4) is 0 Å². The molecule has 1 aromatic heterocycles. The Morgan fingerprint density at radius 2 is 2.31 bits per heavy atom. The maximum absolute atomic E-state index is 11.4. The van der Waals surface area contributed by atoms with Crippen LogP contribution in [0.2, 0.25) is 0 Å². The summed E-state index contributed by atoms with van der Waals surface area (Å²) in [7, 11) is 0. The van der Waals surface area contributed by atoms with Crippen molar-refractivity contribution >= 4 is 12.0 Å². The van der Waals surface area contributed by atoms with Gasteiger partial charge in [0.15, 0.2) is 0 Å². The zero-order valence-corrected chi connectivity index (χ0v) is 7.87. The lowest BCUT2D eigenvalue weighted by atomic mass is 10.5. The number of imidazole rings is 1. The minimum Gasteiger partial charge on any atom is -0.331 e. The van der Waals surface area contributed by atoms with E-state index in [1.807, 2.05) is 13.8 Å². The van der Waals surface area contributed by atoms with Crippen molar-refractivity contribution < 1.29 is 4.79 Å². The predicted octanol–water partition coefficient (Wildman–Crippen LogP) is 1.28. The number of aromatic nitrogens is 2. The second kappa shape index (κ2) is 4.49. The van der Waals surface area contributed by atoms with Crippen LogP contribution in [0, 0.1) is 0 Å². The lowest BCUT2D eigenvalue weighted by Crippen LogP contribution is -2.34. The number of aromatic amines is 1. The maximum Gasteiger partial charge on any atom is 0.324 e. The van der Waals surface area contributed by atoms with E-state index in [1.54, 1.807) is 17.3 Å². The highest BCUT2D eigenvalue weighted by Gasteiger charge is 2.09. The Labute approximate surface area is 77.2 Å². The largest absolute Gasteiger partial charge is 0.331 e. The molecule has 0 aliphatic carbocycles. The highest BCUT2D eigenvalue weighted by Crippen LogP contribution is 1.98. The van der Waals surface area contributed by atoms with E-state index in [0.29, 0.717) is 19.0 Å². The molecule has 0 saturated carbocycles. The fourth-order valence-corrected chi connectivity index (χ4v) is 1.02. The van der Waals surface area contributed by atoms with Crippen molar-refractivity contribution in [3.05, 3.63) is 12.4 Å². The fourth-order valence-electron chi connectivity index (χ4n) is 1.02. The smallest absolute Gasteiger partial charge is 0.324 e. The molecule has 2 amide bonds.